The minimum Gasteiger partial charge on any atom is -0.452 e. The average molecular weight is 279 g/mol. The van der Waals surface area contributed by atoms with Gasteiger partial charge >= 0.3 is 0 Å². The Bertz CT molecular complexity index is 818. The summed E-state index contributed by atoms with van der Waals surface area (Å²) >= 11 is 0. The maximum absolute atomic E-state index is 9.19. The summed E-state index contributed by atoms with van der Waals surface area (Å²) in [5, 5.41) is 13.1. The largest absolute Gasteiger partial charge is 0.452 e. The zero-order valence-corrected chi connectivity index (χ0v) is 11.5. The second-order valence-electron chi connectivity index (χ2n) is 4.38. The lowest BCUT2D eigenvalue weighted by Gasteiger charge is -2.06. The van der Waals surface area contributed by atoms with Crippen molar-refractivity contribution in [3.05, 3.63) is 48.4 Å². The maximum Gasteiger partial charge on any atom is 0.247 e. The molecule has 5 heteroatoms. The number of benzene rings is 1. The van der Waals surface area contributed by atoms with Crippen molar-refractivity contribution in [3.63, 3.8) is 0 Å². The van der Waals surface area contributed by atoms with E-state index in [9.17, 15) is 5.26 Å². The molecule has 1 aromatic carbocycles. The SMILES string of the molecule is CCNc1cc(Oc2c(C#N)oc3ccccc23)ccn1. The van der Waals surface area contributed by atoms with Crippen LogP contribution in [0.15, 0.2) is 47.0 Å². The predicted molar refractivity (Wildman–Crippen MR) is 79.4 cm³/mol. The molecule has 3 aromatic rings. The number of fused-ring (bicyclic) bond motifs is 1. The lowest BCUT2D eigenvalue weighted by molar-refractivity contribution is 0.466. The van der Waals surface area contributed by atoms with E-state index in [4.69, 9.17) is 9.15 Å². The van der Waals surface area contributed by atoms with Crippen LogP contribution >= 0.6 is 0 Å². The standard InChI is InChI=1S/C16H13N3O2/c1-2-18-15-9-11(7-8-19-15)20-16-12-5-3-4-6-13(12)21-14(16)10-17/h3-9H,2H2,1H3,(H,18,19). The molecule has 0 aliphatic rings. The van der Waals surface area contributed by atoms with Crippen LogP contribution in [-0.4, -0.2) is 11.5 Å². The van der Waals surface area contributed by atoms with Crippen LogP contribution in [0.4, 0.5) is 5.82 Å². The lowest BCUT2D eigenvalue weighted by Crippen LogP contribution is -1.98. The monoisotopic (exact) mass is 279 g/mol. The molecule has 0 bridgehead atoms. The first-order valence-corrected chi connectivity index (χ1v) is 6.61. The van der Waals surface area contributed by atoms with Gasteiger partial charge in [-0.25, -0.2) is 4.98 Å². The van der Waals surface area contributed by atoms with Crippen LogP contribution in [0, 0.1) is 11.3 Å². The third-order valence-electron chi connectivity index (χ3n) is 2.96. The van der Waals surface area contributed by atoms with Gasteiger partial charge in [0.1, 0.15) is 23.2 Å². The molecule has 0 fully saturated rings. The van der Waals surface area contributed by atoms with E-state index in [0.717, 1.165) is 17.7 Å². The van der Waals surface area contributed by atoms with E-state index < -0.39 is 0 Å². The number of aromatic nitrogens is 1. The van der Waals surface area contributed by atoms with Gasteiger partial charge in [0, 0.05) is 18.8 Å². The van der Waals surface area contributed by atoms with Gasteiger partial charge in [0.2, 0.25) is 5.76 Å². The summed E-state index contributed by atoms with van der Waals surface area (Å²) < 4.78 is 11.3. The van der Waals surface area contributed by atoms with E-state index in [0.29, 0.717) is 17.1 Å². The molecule has 0 saturated heterocycles. The summed E-state index contributed by atoms with van der Waals surface area (Å²) in [5.41, 5.74) is 0.630. The molecule has 21 heavy (non-hydrogen) atoms. The van der Waals surface area contributed by atoms with E-state index >= 15 is 0 Å². The zero-order valence-electron chi connectivity index (χ0n) is 11.5. The van der Waals surface area contributed by atoms with Gasteiger partial charge in [0.15, 0.2) is 5.75 Å². The number of furan rings is 1. The molecular weight excluding hydrogens is 266 g/mol. The van der Waals surface area contributed by atoms with Gasteiger partial charge < -0.3 is 14.5 Å². The first kappa shape index (κ1) is 13.0. The second-order valence-corrected chi connectivity index (χ2v) is 4.38. The van der Waals surface area contributed by atoms with Crippen molar-refractivity contribution in [2.45, 2.75) is 6.92 Å². The Morgan fingerprint density at radius 2 is 2.19 bits per heavy atom. The summed E-state index contributed by atoms with van der Waals surface area (Å²) in [6.45, 7) is 2.77. The molecule has 0 atom stereocenters. The average Bonchev–Trinajstić information content (AvgIpc) is 2.86. The highest BCUT2D eigenvalue weighted by Gasteiger charge is 2.16. The van der Waals surface area contributed by atoms with Gasteiger partial charge in [-0.15, -0.1) is 0 Å². The van der Waals surface area contributed by atoms with Gasteiger partial charge in [0.25, 0.3) is 0 Å². The van der Waals surface area contributed by atoms with E-state index in [1.807, 2.05) is 31.2 Å². The summed E-state index contributed by atoms with van der Waals surface area (Å²) in [7, 11) is 0. The van der Waals surface area contributed by atoms with Crippen LogP contribution < -0.4 is 10.1 Å². The van der Waals surface area contributed by atoms with Gasteiger partial charge in [0.05, 0.1) is 5.39 Å². The molecule has 3 rings (SSSR count). The van der Waals surface area contributed by atoms with Crippen LogP contribution in [0.1, 0.15) is 12.7 Å². The minimum absolute atomic E-state index is 0.165. The highest BCUT2D eigenvalue weighted by Crippen LogP contribution is 2.36. The molecule has 1 N–H and O–H groups in total. The van der Waals surface area contributed by atoms with Crippen molar-refractivity contribution in [1.82, 2.24) is 4.98 Å². The van der Waals surface area contributed by atoms with Crippen molar-refractivity contribution in [2.75, 3.05) is 11.9 Å². The lowest BCUT2D eigenvalue weighted by atomic mass is 10.2. The molecule has 0 radical (unpaired) electrons. The molecule has 0 saturated carbocycles. The van der Waals surface area contributed by atoms with E-state index in [1.165, 1.54) is 0 Å². The van der Waals surface area contributed by atoms with Crippen LogP contribution in [-0.2, 0) is 0 Å². The minimum atomic E-state index is 0.165. The molecule has 2 aromatic heterocycles. The van der Waals surface area contributed by atoms with Gasteiger partial charge in [-0.05, 0) is 25.1 Å². The highest BCUT2D eigenvalue weighted by atomic mass is 16.5. The third-order valence-corrected chi connectivity index (χ3v) is 2.96. The summed E-state index contributed by atoms with van der Waals surface area (Å²) in [5.74, 6) is 1.92. The van der Waals surface area contributed by atoms with Crippen LogP contribution in [0.5, 0.6) is 11.5 Å². The molecule has 0 amide bonds. The molecular formula is C16H13N3O2. The van der Waals surface area contributed by atoms with Crippen molar-refractivity contribution in [3.8, 4) is 17.6 Å². The van der Waals surface area contributed by atoms with E-state index in [-0.39, 0.29) is 5.76 Å². The predicted octanol–water partition coefficient (Wildman–Crippen LogP) is 3.92. The van der Waals surface area contributed by atoms with Gasteiger partial charge in [-0.1, -0.05) is 12.1 Å². The summed E-state index contributed by atoms with van der Waals surface area (Å²) in [6, 6.07) is 12.9. The van der Waals surface area contributed by atoms with Crippen LogP contribution in [0.25, 0.3) is 11.0 Å². The van der Waals surface area contributed by atoms with E-state index in [1.54, 1.807) is 24.4 Å². The van der Waals surface area contributed by atoms with Crippen LogP contribution in [0.2, 0.25) is 0 Å². The Hall–Kier alpha value is -3.00. The molecule has 0 aliphatic heterocycles. The molecule has 5 nitrogen and oxygen atoms in total. The highest BCUT2D eigenvalue weighted by molar-refractivity contribution is 5.86. The molecule has 0 spiro atoms. The normalized spacial score (nSPS) is 10.3. The smallest absolute Gasteiger partial charge is 0.247 e. The number of hydrogen-bond donors (Lipinski definition) is 1. The number of anilines is 1. The number of para-hydroxylation sites is 1. The third kappa shape index (κ3) is 2.51. The van der Waals surface area contributed by atoms with Crippen molar-refractivity contribution in [2.24, 2.45) is 0 Å². The topological polar surface area (TPSA) is 71.1 Å². The van der Waals surface area contributed by atoms with Crippen molar-refractivity contribution < 1.29 is 9.15 Å². The van der Waals surface area contributed by atoms with Crippen molar-refractivity contribution in [1.29, 1.82) is 5.26 Å². The Morgan fingerprint density at radius 1 is 1.33 bits per heavy atom. The molecule has 0 aliphatic carbocycles. The molecule has 2 heterocycles. The van der Waals surface area contributed by atoms with E-state index in [2.05, 4.69) is 10.3 Å². The maximum atomic E-state index is 9.19. The van der Waals surface area contributed by atoms with Gasteiger partial charge in [-0.3, -0.25) is 0 Å². The fourth-order valence-corrected chi connectivity index (χ4v) is 2.07. The zero-order chi connectivity index (χ0) is 14.7. The first-order valence-electron chi connectivity index (χ1n) is 6.61. The first-order chi connectivity index (χ1) is 10.3. The number of nitrogens with one attached hydrogen (secondary N) is 1. The summed E-state index contributed by atoms with van der Waals surface area (Å²) in [4.78, 5) is 4.18. The molecule has 104 valence electrons. The second kappa shape index (κ2) is 5.55. The number of pyridine rings is 1. The fourth-order valence-electron chi connectivity index (χ4n) is 2.07. The van der Waals surface area contributed by atoms with Crippen LogP contribution in [0.3, 0.4) is 0 Å². The number of nitriles is 1. The summed E-state index contributed by atoms with van der Waals surface area (Å²) in [6.07, 6.45) is 1.65. The molecule has 0 unspecified atom stereocenters. The number of nitrogens with zero attached hydrogens (tertiary/aromatic N) is 2. The Morgan fingerprint density at radius 3 is 3.00 bits per heavy atom. The Balaban J connectivity index is 2.01. The number of ether oxygens (including phenoxy) is 1. The Labute approximate surface area is 121 Å². The van der Waals surface area contributed by atoms with Gasteiger partial charge in [-0.2, -0.15) is 5.26 Å². The Kier molecular flexibility index (Phi) is 3.44. The number of hydrogen-bond acceptors (Lipinski definition) is 5. The quantitative estimate of drug-likeness (QED) is 0.783. The fraction of sp³-hybridized carbons (Fsp3) is 0.125. The number of rotatable bonds is 4. The van der Waals surface area contributed by atoms with Crippen molar-refractivity contribution >= 4 is 16.8 Å².